The first-order valence-corrected chi connectivity index (χ1v) is 17.6. The normalized spacial score (nSPS) is 15.1. The van der Waals surface area contributed by atoms with Crippen LogP contribution in [0, 0.1) is 17.3 Å². The van der Waals surface area contributed by atoms with Crippen molar-refractivity contribution in [2.24, 2.45) is 17.3 Å². The van der Waals surface area contributed by atoms with Crippen LogP contribution >= 0.6 is 0 Å². The number of carbonyl (C=O) groups is 3. The van der Waals surface area contributed by atoms with E-state index in [0.29, 0.717) is 5.70 Å². The van der Waals surface area contributed by atoms with E-state index in [1.54, 1.807) is 39.2 Å². The SMILES string of the molecule is CN[C@H](C(=O)N[C@H](C(=O)N(C)/C(=C/C(C)C(=O)NS(=O)(=O)c1ccc(C(C)(C)C)cc1)C(C)C)C(C)(C)C)C(C)(C)c1ccccc1. The van der Waals surface area contributed by atoms with E-state index in [9.17, 15) is 22.8 Å². The van der Waals surface area contributed by atoms with Crippen LogP contribution in [0.3, 0.4) is 0 Å². The molecule has 3 atom stereocenters. The molecule has 0 aliphatic rings. The Balaban J connectivity index is 2.33. The highest BCUT2D eigenvalue weighted by atomic mass is 32.2. The minimum Gasteiger partial charge on any atom is -0.342 e. The molecule has 0 aliphatic carbocycles. The number of carbonyl (C=O) groups excluding carboxylic acids is 3. The summed E-state index contributed by atoms with van der Waals surface area (Å²) in [5.41, 5.74) is 1.09. The van der Waals surface area contributed by atoms with Gasteiger partial charge in [-0.05, 0) is 54.0 Å². The summed E-state index contributed by atoms with van der Waals surface area (Å²) in [5.74, 6) is -2.46. The lowest BCUT2D eigenvalue weighted by Crippen LogP contribution is -2.60. The molecule has 3 amide bonds. The second-order valence-corrected chi connectivity index (χ2v) is 17.0. The van der Waals surface area contributed by atoms with E-state index in [1.807, 2.05) is 99.6 Å². The van der Waals surface area contributed by atoms with Crippen molar-refractivity contribution in [1.82, 2.24) is 20.3 Å². The zero-order chi connectivity index (χ0) is 36.1. The third-order valence-electron chi connectivity index (χ3n) is 8.60. The number of hydrogen-bond acceptors (Lipinski definition) is 6. The van der Waals surface area contributed by atoms with E-state index < -0.39 is 44.8 Å². The molecule has 0 spiro atoms. The van der Waals surface area contributed by atoms with Crippen LogP contribution in [-0.4, -0.2) is 57.2 Å². The lowest BCUT2D eigenvalue weighted by Gasteiger charge is -2.39. The van der Waals surface area contributed by atoms with Gasteiger partial charge in [-0.25, -0.2) is 13.1 Å². The fraction of sp³-hybridized carbons (Fsp3) is 0.541. The molecule has 0 saturated carbocycles. The van der Waals surface area contributed by atoms with E-state index in [2.05, 4.69) is 15.4 Å². The van der Waals surface area contributed by atoms with Crippen molar-refractivity contribution < 1.29 is 22.8 Å². The Morgan fingerprint density at radius 2 is 1.30 bits per heavy atom. The molecule has 260 valence electrons. The summed E-state index contributed by atoms with van der Waals surface area (Å²) in [6.07, 6.45) is 1.60. The van der Waals surface area contributed by atoms with Crippen LogP contribution < -0.4 is 15.4 Å². The Bertz CT molecular complexity index is 1530. The number of amides is 3. The van der Waals surface area contributed by atoms with E-state index in [0.717, 1.165) is 11.1 Å². The standard InChI is InChI=1S/C37H56N4O5S/c1-24(2)29(23-25(3)32(42)40-47(45,46)28-21-19-26(20-22-28)35(4,5)6)41(13)34(44)31(36(7,8)9)39-33(43)30(38-12)37(10,11)27-17-15-14-16-18-27/h14-25,30-31,38H,1-13H3,(H,39,43)(H,40,42)/b29-23+/t25?,30-,31-/m1/s1. The van der Waals surface area contributed by atoms with Crippen LogP contribution in [0.4, 0.5) is 0 Å². The number of allylic oxidation sites excluding steroid dienone is 1. The number of likely N-dealkylation sites (N-methyl/N-ethyl adjacent to an activating group) is 2. The first kappa shape index (κ1) is 39.7. The van der Waals surface area contributed by atoms with E-state index in [-0.39, 0.29) is 28.0 Å². The average molecular weight is 669 g/mol. The largest absolute Gasteiger partial charge is 0.342 e. The minimum absolute atomic E-state index is 0.00881. The molecular formula is C37H56N4O5S. The molecule has 0 radical (unpaired) electrons. The molecule has 2 aromatic carbocycles. The number of nitrogens with zero attached hydrogens (tertiary/aromatic N) is 1. The molecule has 0 bridgehead atoms. The third-order valence-corrected chi connectivity index (χ3v) is 9.96. The van der Waals surface area contributed by atoms with Gasteiger partial charge in [0.2, 0.25) is 17.7 Å². The Kier molecular flexibility index (Phi) is 12.8. The van der Waals surface area contributed by atoms with Crippen molar-refractivity contribution in [3.05, 3.63) is 77.5 Å². The quantitative estimate of drug-likeness (QED) is 0.274. The fourth-order valence-corrected chi connectivity index (χ4v) is 6.55. The minimum atomic E-state index is -4.11. The Labute approximate surface area is 283 Å². The molecule has 0 aromatic heterocycles. The van der Waals surface area contributed by atoms with Gasteiger partial charge in [-0.3, -0.25) is 14.4 Å². The summed E-state index contributed by atoms with van der Waals surface area (Å²) < 4.78 is 28.3. The number of nitrogens with one attached hydrogen (secondary N) is 3. The number of hydrogen-bond donors (Lipinski definition) is 3. The highest BCUT2D eigenvalue weighted by Gasteiger charge is 2.41. The zero-order valence-electron chi connectivity index (χ0n) is 30.5. The van der Waals surface area contributed by atoms with Crippen molar-refractivity contribution in [1.29, 1.82) is 0 Å². The first-order valence-electron chi connectivity index (χ1n) is 16.1. The third kappa shape index (κ3) is 10.00. The Hall–Kier alpha value is -3.50. The van der Waals surface area contributed by atoms with Crippen LogP contribution in [0.5, 0.6) is 0 Å². The van der Waals surface area contributed by atoms with Gasteiger partial charge in [0.05, 0.1) is 16.9 Å². The summed E-state index contributed by atoms with van der Waals surface area (Å²) in [5, 5.41) is 6.16. The van der Waals surface area contributed by atoms with Gasteiger partial charge in [0, 0.05) is 18.2 Å². The van der Waals surface area contributed by atoms with Gasteiger partial charge in [-0.15, -0.1) is 0 Å². The van der Waals surface area contributed by atoms with Crippen LogP contribution in [0.2, 0.25) is 0 Å². The molecular weight excluding hydrogens is 612 g/mol. The van der Waals surface area contributed by atoms with E-state index in [4.69, 9.17) is 0 Å². The van der Waals surface area contributed by atoms with Gasteiger partial charge >= 0.3 is 0 Å². The van der Waals surface area contributed by atoms with Crippen LogP contribution in [0.25, 0.3) is 0 Å². The fourth-order valence-electron chi connectivity index (χ4n) is 5.49. The Morgan fingerprint density at radius 1 is 0.766 bits per heavy atom. The van der Waals surface area contributed by atoms with E-state index >= 15 is 0 Å². The number of sulfonamides is 1. The van der Waals surface area contributed by atoms with Crippen molar-refractivity contribution in [2.45, 2.75) is 104 Å². The van der Waals surface area contributed by atoms with Crippen LogP contribution in [-0.2, 0) is 35.2 Å². The van der Waals surface area contributed by atoms with Crippen molar-refractivity contribution in [3.63, 3.8) is 0 Å². The van der Waals surface area contributed by atoms with Crippen LogP contribution in [0.15, 0.2) is 71.3 Å². The van der Waals surface area contributed by atoms with Gasteiger partial charge in [0.1, 0.15) is 6.04 Å². The van der Waals surface area contributed by atoms with Crippen molar-refractivity contribution >= 4 is 27.7 Å². The molecule has 0 saturated heterocycles. The van der Waals surface area contributed by atoms with Gasteiger partial charge in [-0.2, -0.15) is 0 Å². The molecule has 1 unspecified atom stereocenters. The highest BCUT2D eigenvalue weighted by molar-refractivity contribution is 7.90. The smallest absolute Gasteiger partial charge is 0.264 e. The molecule has 2 rings (SSSR count). The topological polar surface area (TPSA) is 125 Å². The lowest BCUT2D eigenvalue weighted by atomic mass is 9.76. The molecule has 2 aromatic rings. The monoisotopic (exact) mass is 668 g/mol. The molecule has 10 heteroatoms. The van der Waals surface area contributed by atoms with Gasteiger partial charge < -0.3 is 15.5 Å². The second-order valence-electron chi connectivity index (χ2n) is 15.3. The lowest BCUT2D eigenvalue weighted by molar-refractivity contribution is -0.138. The predicted octanol–water partition coefficient (Wildman–Crippen LogP) is 5.52. The molecule has 3 N–H and O–H groups in total. The Morgan fingerprint density at radius 3 is 1.74 bits per heavy atom. The summed E-state index contributed by atoms with van der Waals surface area (Å²) in [6, 6.07) is 14.7. The molecule has 0 heterocycles. The number of benzene rings is 2. The maximum atomic E-state index is 14.1. The molecule has 47 heavy (non-hydrogen) atoms. The van der Waals surface area contributed by atoms with Crippen molar-refractivity contribution in [2.75, 3.05) is 14.1 Å². The summed E-state index contributed by atoms with van der Waals surface area (Å²) >= 11 is 0. The van der Waals surface area contributed by atoms with Gasteiger partial charge in [0.25, 0.3) is 10.0 Å². The predicted molar refractivity (Wildman–Crippen MR) is 189 cm³/mol. The van der Waals surface area contributed by atoms with Crippen LogP contribution in [0.1, 0.15) is 87.3 Å². The molecule has 0 aliphatic heterocycles. The van der Waals surface area contributed by atoms with Gasteiger partial charge in [-0.1, -0.05) is 118 Å². The van der Waals surface area contributed by atoms with E-state index in [1.165, 1.54) is 17.0 Å². The zero-order valence-corrected chi connectivity index (χ0v) is 31.3. The maximum Gasteiger partial charge on any atom is 0.264 e. The second kappa shape index (κ2) is 15.2. The molecule has 9 nitrogen and oxygen atoms in total. The average Bonchev–Trinajstić information content (AvgIpc) is 2.97. The highest BCUT2D eigenvalue weighted by Crippen LogP contribution is 2.30. The summed E-state index contributed by atoms with van der Waals surface area (Å²) in [4.78, 5) is 42.5. The summed E-state index contributed by atoms with van der Waals surface area (Å²) in [6.45, 7) is 21.1. The molecule has 0 fully saturated rings. The first-order chi connectivity index (χ1) is 21.4. The summed E-state index contributed by atoms with van der Waals surface area (Å²) in [7, 11) is -0.775. The number of rotatable bonds is 12. The van der Waals surface area contributed by atoms with Gasteiger partial charge in [0.15, 0.2) is 0 Å². The van der Waals surface area contributed by atoms with Crippen molar-refractivity contribution in [3.8, 4) is 0 Å². The maximum absolute atomic E-state index is 14.1.